The molecule has 0 N–H and O–H groups in total. The molecule has 0 radical (unpaired) electrons. The summed E-state index contributed by atoms with van der Waals surface area (Å²) >= 11 is 3.38. The van der Waals surface area contributed by atoms with Gasteiger partial charge in [-0.2, -0.15) is 0 Å². The molecule has 0 aliphatic carbocycles. The molecule has 1 aromatic carbocycles. The summed E-state index contributed by atoms with van der Waals surface area (Å²) in [6, 6.07) is 7.37. The number of likely N-dealkylation sites (tertiary alicyclic amines) is 1. The molecule has 1 aliphatic heterocycles. The second kappa shape index (κ2) is 5.14. The van der Waals surface area contributed by atoms with Gasteiger partial charge in [0.2, 0.25) is 6.04 Å². The topological polar surface area (TPSA) is 46.4 Å². The van der Waals surface area contributed by atoms with Crippen molar-refractivity contribution in [1.82, 2.24) is 4.90 Å². The molecule has 0 saturated carbocycles. The Hall–Kier alpha value is -0.940. The maximum atomic E-state index is 11.1. The smallest absolute Gasteiger partial charge is 0.233 e. The zero-order valence-corrected chi connectivity index (χ0v) is 11.3. The molecule has 92 valence electrons. The highest BCUT2D eigenvalue weighted by Gasteiger charge is 2.41. The Morgan fingerprint density at radius 1 is 1.41 bits per heavy atom. The normalized spacial score (nSPS) is 25.1. The molecular weight excluding hydrogens is 284 g/mol. The summed E-state index contributed by atoms with van der Waals surface area (Å²) in [5.41, 5.74) is 1.06. The van der Waals surface area contributed by atoms with Crippen LogP contribution >= 0.6 is 15.9 Å². The molecule has 0 bridgehead atoms. The van der Waals surface area contributed by atoms with Crippen LogP contribution in [0.15, 0.2) is 28.7 Å². The first-order valence-corrected chi connectivity index (χ1v) is 6.52. The predicted molar refractivity (Wildman–Crippen MR) is 69.8 cm³/mol. The van der Waals surface area contributed by atoms with Crippen molar-refractivity contribution in [3.8, 4) is 0 Å². The van der Waals surface area contributed by atoms with Gasteiger partial charge >= 0.3 is 0 Å². The third kappa shape index (κ3) is 2.66. The number of likely N-dealkylation sites (N-methyl/N-ethyl adjacent to an activating group) is 1. The van der Waals surface area contributed by atoms with Gasteiger partial charge in [0.1, 0.15) is 0 Å². The van der Waals surface area contributed by atoms with Crippen LogP contribution in [-0.2, 0) is 0 Å². The van der Waals surface area contributed by atoms with Crippen LogP contribution < -0.4 is 0 Å². The van der Waals surface area contributed by atoms with Crippen molar-refractivity contribution < 1.29 is 4.92 Å². The molecule has 5 heteroatoms. The van der Waals surface area contributed by atoms with E-state index in [9.17, 15) is 10.1 Å². The van der Waals surface area contributed by atoms with Crippen molar-refractivity contribution in [3.05, 3.63) is 44.4 Å². The SMILES string of the molecule is CCN1CC(c2ccc(Br)cc2)C([N+](=O)[O-])C1. The van der Waals surface area contributed by atoms with Crippen molar-refractivity contribution in [1.29, 1.82) is 0 Å². The molecule has 1 fully saturated rings. The zero-order chi connectivity index (χ0) is 12.4. The van der Waals surface area contributed by atoms with E-state index in [4.69, 9.17) is 0 Å². The van der Waals surface area contributed by atoms with Gasteiger partial charge in [0, 0.05) is 15.9 Å². The van der Waals surface area contributed by atoms with E-state index in [0.29, 0.717) is 6.54 Å². The number of halogens is 1. The molecule has 2 atom stereocenters. The zero-order valence-electron chi connectivity index (χ0n) is 9.67. The van der Waals surface area contributed by atoms with Crippen LogP contribution in [0.2, 0.25) is 0 Å². The van der Waals surface area contributed by atoms with Gasteiger partial charge in [-0.05, 0) is 24.2 Å². The van der Waals surface area contributed by atoms with Gasteiger partial charge in [-0.15, -0.1) is 0 Å². The summed E-state index contributed by atoms with van der Waals surface area (Å²) in [7, 11) is 0. The number of benzene rings is 1. The minimum absolute atomic E-state index is 0.0121. The number of hydrogen-bond acceptors (Lipinski definition) is 3. The van der Waals surface area contributed by atoms with Crippen LogP contribution in [0.3, 0.4) is 0 Å². The molecule has 1 saturated heterocycles. The Morgan fingerprint density at radius 3 is 2.59 bits per heavy atom. The summed E-state index contributed by atoms with van der Waals surface area (Å²) < 4.78 is 1.00. The standard InChI is InChI=1S/C12H15BrN2O2/c1-2-14-7-11(12(8-14)15(16)17)9-3-5-10(13)6-4-9/h3-6,11-12H,2,7-8H2,1H3. The fraction of sp³-hybridized carbons (Fsp3) is 0.500. The lowest BCUT2D eigenvalue weighted by Gasteiger charge is -2.13. The lowest BCUT2D eigenvalue weighted by molar-refractivity contribution is -0.521. The minimum Gasteiger partial charge on any atom is -0.296 e. The van der Waals surface area contributed by atoms with E-state index < -0.39 is 6.04 Å². The first kappa shape index (κ1) is 12.5. The lowest BCUT2D eigenvalue weighted by atomic mass is 9.95. The molecule has 1 aromatic rings. The maximum Gasteiger partial charge on any atom is 0.233 e. The Labute approximate surface area is 109 Å². The largest absolute Gasteiger partial charge is 0.296 e. The van der Waals surface area contributed by atoms with Gasteiger partial charge in [0.05, 0.1) is 12.5 Å². The van der Waals surface area contributed by atoms with Gasteiger partial charge in [0.25, 0.3) is 0 Å². The van der Waals surface area contributed by atoms with E-state index >= 15 is 0 Å². The van der Waals surface area contributed by atoms with Crippen LogP contribution in [0.25, 0.3) is 0 Å². The van der Waals surface area contributed by atoms with E-state index in [1.165, 1.54) is 0 Å². The van der Waals surface area contributed by atoms with Crippen molar-refractivity contribution in [3.63, 3.8) is 0 Å². The average Bonchev–Trinajstić information content (AvgIpc) is 2.74. The second-order valence-electron chi connectivity index (χ2n) is 4.36. The third-order valence-corrected chi connectivity index (χ3v) is 3.91. The van der Waals surface area contributed by atoms with Crippen LogP contribution in [0.1, 0.15) is 18.4 Å². The Balaban J connectivity index is 2.23. The Bertz CT molecular complexity index is 407. The van der Waals surface area contributed by atoms with Gasteiger partial charge in [-0.3, -0.25) is 15.0 Å². The van der Waals surface area contributed by atoms with E-state index in [1.54, 1.807) is 0 Å². The summed E-state index contributed by atoms with van der Waals surface area (Å²) in [6.45, 7) is 4.26. The summed E-state index contributed by atoms with van der Waals surface area (Å²) in [4.78, 5) is 13.1. The summed E-state index contributed by atoms with van der Waals surface area (Å²) in [6.07, 6.45) is 0. The van der Waals surface area contributed by atoms with Crippen molar-refractivity contribution >= 4 is 15.9 Å². The molecule has 0 amide bonds. The van der Waals surface area contributed by atoms with Gasteiger partial charge in [-0.25, -0.2) is 0 Å². The monoisotopic (exact) mass is 298 g/mol. The molecule has 2 rings (SSSR count). The summed E-state index contributed by atoms with van der Waals surface area (Å²) in [5, 5.41) is 11.1. The molecule has 0 spiro atoms. The predicted octanol–water partition coefficient (Wildman–Crippen LogP) is 2.51. The van der Waals surface area contributed by atoms with E-state index in [-0.39, 0.29) is 10.8 Å². The first-order chi connectivity index (χ1) is 8.11. The van der Waals surface area contributed by atoms with Crippen LogP contribution in [0.5, 0.6) is 0 Å². The molecule has 17 heavy (non-hydrogen) atoms. The van der Waals surface area contributed by atoms with E-state index in [1.807, 2.05) is 31.2 Å². The Morgan fingerprint density at radius 2 is 2.06 bits per heavy atom. The lowest BCUT2D eigenvalue weighted by Crippen LogP contribution is -2.28. The highest BCUT2D eigenvalue weighted by Crippen LogP contribution is 2.30. The summed E-state index contributed by atoms with van der Waals surface area (Å²) in [5.74, 6) is 0.0121. The van der Waals surface area contributed by atoms with E-state index in [2.05, 4.69) is 20.8 Å². The quantitative estimate of drug-likeness (QED) is 0.636. The maximum absolute atomic E-state index is 11.1. The van der Waals surface area contributed by atoms with Crippen molar-refractivity contribution in [2.45, 2.75) is 18.9 Å². The van der Waals surface area contributed by atoms with Crippen molar-refractivity contribution in [2.24, 2.45) is 0 Å². The number of nitro groups is 1. The van der Waals surface area contributed by atoms with Gasteiger partial charge in [0.15, 0.2) is 0 Å². The molecule has 4 nitrogen and oxygen atoms in total. The highest BCUT2D eigenvalue weighted by molar-refractivity contribution is 9.10. The molecule has 2 unspecified atom stereocenters. The van der Waals surface area contributed by atoms with Crippen molar-refractivity contribution in [2.75, 3.05) is 19.6 Å². The fourth-order valence-electron chi connectivity index (χ4n) is 2.38. The first-order valence-electron chi connectivity index (χ1n) is 5.73. The molecule has 0 aromatic heterocycles. The Kier molecular flexibility index (Phi) is 3.79. The van der Waals surface area contributed by atoms with Crippen LogP contribution in [0.4, 0.5) is 0 Å². The van der Waals surface area contributed by atoms with Crippen LogP contribution in [0, 0.1) is 10.1 Å². The third-order valence-electron chi connectivity index (χ3n) is 3.38. The minimum atomic E-state index is -0.476. The molecule has 1 aliphatic rings. The molecular formula is C12H15BrN2O2. The number of rotatable bonds is 3. The number of nitrogens with zero attached hydrogens (tertiary/aromatic N) is 2. The van der Waals surface area contributed by atoms with Crippen LogP contribution in [-0.4, -0.2) is 35.5 Å². The highest BCUT2D eigenvalue weighted by atomic mass is 79.9. The second-order valence-corrected chi connectivity index (χ2v) is 5.28. The fourth-order valence-corrected chi connectivity index (χ4v) is 2.64. The average molecular weight is 299 g/mol. The van der Waals surface area contributed by atoms with E-state index in [0.717, 1.165) is 23.1 Å². The van der Waals surface area contributed by atoms with Gasteiger partial charge < -0.3 is 0 Å². The van der Waals surface area contributed by atoms with Gasteiger partial charge in [-0.1, -0.05) is 35.0 Å². The number of hydrogen-bond donors (Lipinski definition) is 0. The molecule has 1 heterocycles.